The van der Waals surface area contributed by atoms with Crippen molar-refractivity contribution in [2.45, 2.75) is 50.8 Å². The molecular weight excluding hydrogens is 298 g/mol. The lowest BCUT2D eigenvalue weighted by Gasteiger charge is -2.23. The van der Waals surface area contributed by atoms with Gasteiger partial charge in [-0.3, -0.25) is 4.55 Å². The lowest BCUT2D eigenvalue weighted by Crippen LogP contribution is -2.35. The minimum absolute atomic E-state index is 0.0666. The summed E-state index contributed by atoms with van der Waals surface area (Å²) in [5, 5.41) is 0. The van der Waals surface area contributed by atoms with Crippen LogP contribution in [0.15, 0.2) is 29.2 Å². The Morgan fingerprint density at radius 2 is 1.45 bits per heavy atom. The summed E-state index contributed by atoms with van der Waals surface area (Å²) in [6, 6.07) is 5.99. The summed E-state index contributed by atoms with van der Waals surface area (Å²) in [4.78, 5) is -0.0666. The third-order valence-corrected chi connectivity index (χ3v) is 4.12. The summed E-state index contributed by atoms with van der Waals surface area (Å²) in [6.45, 7) is 5.43. The van der Waals surface area contributed by atoms with Crippen LogP contribution in [0.5, 0.6) is 0 Å². The van der Waals surface area contributed by atoms with Crippen molar-refractivity contribution in [2.24, 2.45) is 0 Å². The van der Waals surface area contributed by atoms with Crippen molar-refractivity contribution in [1.82, 2.24) is 0 Å². The van der Waals surface area contributed by atoms with E-state index in [0.717, 1.165) is 10.0 Å². The maximum absolute atomic E-state index is 10.5. The molecule has 1 N–H and O–H groups in total. The highest BCUT2D eigenvalue weighted by Gasteiger charge is 2.07. The van der Waals surface area contributed by atoms with Crippen LogP contribution >= 0.6 is 0 Å². The van der Waals surface area contributed by atoms with Gasteiger partial charge < -0.3 is 4.48 Å². The van der Waals surface area contributed by atoms with Gasteiger partial charge in [-0.1, -0.05) is 43.9 Å². The van der Waals surface area contributed by atoms with Crippen molar-refractivity contribution in [3.05, 3.63) is 29.8 Å². The van der Waals surface area contributed by atoms with Crippen LogP contribution < -0.4 is 0 Å². The summed E-state index contributed by atoms with van der Waals surface area (Å²) in [7, 11) is 2.77. The molecule has 0 heterocycles. The van der Waals surface area contributed by atoms with Crippen molar-refractivity contribution in [1.29, 1.82) is 0 Å². The number of aryl methyl sites for hydroxylation is 1. The molecule has 0 saturated carbocycles. The Balaban J connectivity index is 0.000000401. The van der Waals surface area contributed by atoms with Gasteiger partial charge in [0.25, 0.3) is 10.1 Å². The van der Waals surface area contributed by atoms with Gasteiger partial charge in [-0.25, -0.2) is 0 Å². The highest BCUT2D eigenvalue weighted by Crippen LogP contribution is 2.08. The predicted octanol–water partition coefficient (Wildman–Crippen LogP) is 3.90. The van der Waals surface area contributed by atoms with Gasteiger partial charge in [0.05, 0.1) is 32.6 Å². The minimum Gasteiger partial charge on any atom is -0.331 e. The van der Waals surface area contributed by atoms with E-state index in [4.69, 9.17) is 4.55 Å². The van der Waals surface area contributed by atoms with Crippen molar-refractivity contribution in [3.63, 3.8) is 0 Å². The minimum atomic E-state index is -4.02. The zero-order chi connectivity index (χ0) is 17.2. The molecule has 0 spiro atoms. The second kappa shape index (κ2) is 9.98. The topological polar surface area (TPSA) is 54.4 Å². The van der Waals surface area contributed by atoms with Gasteiger partial charge in [0.15, 0.2) is 0 Å². The number of nitrogens with zero attached hydrogens (tertiary/aromatic N) is 1. The fourth-order valence-corrected chi connectivity index (χ4v) is 2.38. The number of unbranched alkanes of at least 4 members (excludes halogenated alkanes) is 4. The largest absolute Gasteiger partial charge is 0.331 e. The molecule has 5 heteroatoms. The van der Waals surface area contributed by atoms with Crippen LogP contribution in [0.4, 0.5) is 0 Å². The molecular formula is C17H32NO3S+. The highest BCUT2D eigenvalue weighted by atomic mass is 32.2. The second-order valence-electron chi connectivity index (χ2n) is 6.72. The van der Waals surface area contributed by atoms with Crippen LogP contribution in [-0.2, 0) is 10.1 Å². The monoisotopic (exact) mass is 330 g/mol. The number of quaternary nitrogens is 1. The van der Waals surface area contributed by atoms with Gasteiger partial charge >= 0.3 is 0 Å². The zero-order valence-electron chi connectivity index (χ0n) is 14.7. The van der Waals surface area contributed by atoms with E-state index in [2.05, 4.69) is 28.1 Å². The van der Waals surface area contributed by atoms with E-state index in [1.54, 1.807) is 12.1 Å². The van der Waals surface area contributed by atoms with Gasteiger partial charge in [-0.2, -0.15) is 8.42 Å². The molecule has 0 amide bonds. The van der Waals surface area contributed by atoms with E-state index in [9.17, 15) is 8.42 Å². The quantitative estimate of drug-likeness (QED) is 0.468. The Hall–Kier alpha value is -0.910. The van der Waals surface area contributed by atoms with E-state index in [1.165, 1.54) is 50.8 Å². The molecule has 0 aliphatic carbocycles. The van der Waals surface area contributed by atoms with Crippen LogP contribution in [0.3, 0.4) is 0 Å². The highest BCUT2D eigenvalue weighted by molar-refractivity contribution is 7.85. The molecule has 0 atom stereocenters. The van der Waals surface area contributed by atoms with Crippen LogP contribution in [0, 0.1) is 6.92 Å². The van der Waals surface area contributed by atoms with Gasteiger partial charge in [-0.15, -0.1) is 0 Å². The van der Waals surface area contributed by atoms with E-state index < -0.39 is 10.1 Å². The third-order valence-electron chi connectivity index (χ3n) is 3.25. The summed E-state index contributed by atoms with van der Waals surface area (Å²) in [5.41, 5.74) is 0.956. The first kappa shape index (κ1) is 21.1. The maximum atomic E-state index is 10.5. The Morgan fingerprint density at radius 1 is 0.955 bits per heavy atom. The van der Waals surface area contributed by atoms with Crippen molar-refractivity contribution >= 4 is 10.1 Å². The molecule has 0 bridgehead atoms. The summed E-state index contributed by atoms with van der Waals surface area (Å²) >= 11 is 0. The molecule has 22 heavy (non-hydrogen) atoms. The number of hydrogen-bond acceptors (Lipinski definition) is 2. The molecule has 1 aromatic carbocycles. The van der Waals surface area contributed by atoms with Crippen LogP contribution in [0.2, 0.25) is 0 Å². The van der Waals surface area contributed by atoms with E-state index in [0.29, 0.717) is 0 Å². The molecule has 4 nitrogen and oxygen atoms in total. The fraction of sp³-hybridized carbons (Fsp3) is 0.647. The molecule has 0 radical (unpaired) electrons. The summed E-state index contributed by atoms with van der Waals surface area (Å²) in [6.07, 6.45) is 7.00. The molecule has 1 aromatic rings. The lowest BCUT2D eigenvalue weighted by molar-refractivity contribution is -0.870. The summed E-state index contributed by atoms with van der Waals surface area (Å²) in [5.74, 6) is 0. The lowest BCUT2D eigenvalue weighted by atomic mass is 10.1. The first-order valence-electron chi connectivity index (χ1n) is 7.91. The van der Waals surface area contributed by atoms with Crippen LogP contribution in [0.1, 0.15) is 44.6 Å². The van der Waals surface area contributed by atoms with Gasteiger partial charge in [0.2, 0.25) is 0 Å². The first-order chi connectivity index (χ1) is 10.1. The average Bonchev–Trinajstić information content (AvgIpc) is 2.37. The standard InChI is InChI=1S/C10H24N.C7H8O3S/c1-5-6-7-8-9-10-11(2,3)4;1-6-2-4-7(5-3-6)11(8,9)10/h5-10H2,1-4H3;2-5H,1H3,(H,8,9,10)/q+1;. The SMILES string of the molecule is CCCCCCC[N+](C)(C)C.Cc1ccc(S(=O)(=O)O)cc1. The predicted molar refractivity (Wildman–Crippen MR) is 92.7 cm³/mol. The number of benzene rings is 1. The Bertz CT molecular complexity index is 502. The van der Waals surface area contributed by atoms with E-state index in [1.807, 2.05) is 6.92 Å². The molecule has 0 aromatic heterocycles. The van der Waals surface area contributed by atoms with Gasteiger partial charge in [0.1, 0.15) is 0 Å². The normalized spacial score (nSPS) is 11.7. The zero-order valence-corrected chi connectivity index (χ0v) is 15.5. The van der Waals surface area contributed by atoms with Crippen LogP contribution in [0.25, 0.3) is 0 Å². The van der Waals surface area contributed by atoms with Gasteiger partial charge in [-0.05, 0) is 31.9 Å². The van der Waals surface area contributed by atoms with Crippen molar-refractivity contribution < 1.29 is 17.5 Å². The van der Waals surface area contributed by atoms with Crippen LogP contribution in [-0.4, -0.2) is 45.1 Å². The molecule has 0 unspecified atom stereocenters. The fourth-order valence-electron chi connectivity index (χ4n) is 1.90. The van der Waals surface area contributed by atoms with E-state index in [-0.39, 0.29) is 4.90 Å². The molecule has 0 aliphatic heterocycles. The number of rotatable bonds is 7. The van der Waals surface area contributed by atoms with Crippen molar-refractivity contribution in [3.8, 4) is 0 Å². The summed E-state index contributed by atoms with van der Waals surface area (Å²) < 4.78 is 30.7. The number of hydrogen-bond donors (Lipinski definition) is 1. The van der Waals surface area contributed by atoms with Crippen molar-refractivity contribution in [2.75, 3.05) is 27.7 Å². The Morgan fingerprint density at radius 3 is 1.86 bits per heavy atom. The third kappa shape index (κ3) is 11.7. The maximum Gasteiger partial charge on any atom is 0.294 e. The molecule has 0 saturated heterocycles. The second-order valence-corrected chi connectivity index (χ2v) is 8.14. The van der Waals surface area contributed by atoms with Gasteiger partial charge in [0, 0.05) is 0 Å². The molecule has 128 valence electrons. The Labute approximate surface area is 136 Å². The van der Waals surface area contributed by atoms with E-state index >= 15 is 0 Å². The average molecular weight is 331 g/mol. The first-order valence-corrected chi connectivity index (χ1v) is 9.35. The molecule has 0 aliphatic rings. The Kier molecular flexibility index (Phi) is 9.56. The molecule has 1 rings (SSSR count). The molecule has 0 fully saturated rings. The smallest absolute Gasteiger partial charge is 0.294 e.